The SMILES string of the molecule is Cc1ccc(C2CCCC2)cc1-c1ccc2c(CC(C)C)cccc2[n+]1C. The Bertz CT molecular complexity index is 961. The van der Waals surface area contributed by atoms with Crippen LogP contribution in [0, 0.1) is 12.8 Å². The molecule has 0 spiro atoms. The van der Waals surface area contributed by atoms with E-state index in [2.05, 4.69) is 80.9 Å². The van der Waals surface area contributed by atoms with Crippen LogP contribution in [0.2, 0.25) is 0 Å². The van der Waals surface area contributed by atoms with E-state index < -0.39 is 0 Å². The molecule has 0 N–H and O–H groups in total. The molecule has 1 nitrogen and oxygen atoms in total. The van der Waals surface area contributed by atoms with E-state index in [1.807, 2.05) is 0 Å². The molecule has 1 fully saturated rings. The van der Waals surface area contributed by atoms with Gasteiger partial charge in [0, 0.05) is 23.1 Å². The minimum atomic E-state index is 0.672. The third-order valence-electron chi connectivity index (χ3n) is 6.30. The number of pyridine rings is 1. The molecule has 1 aromatic heterocycles. The standard InChI is InChI=1S/C26H32N/c1-18(2)16-22-10-7-11-25-23(22)14-15-26(27(25)4)24-17-21(13-12-19(24)3)20-8-5-6-9-20/h7,10-15,17-18,20H,5-6,8-9,16H2,1-4H3/q+1. The van der Waals surface area contributed by atoms with Crippen LogP contribution in [0.5, 0.6) is 0 Å². The number of rotatable bonds is 4. The minimum absolute atomic E-state index is 0.672. The largest absolute Gasteiger partial charge is 0.213 e. The van der Waals surface area contributed by atoms with Gasteiger partial charge in [-0.2, -0.15) is 4.57 Å². The molecule has 2 aromatic carbocycles. The van der Waals surface area contributed by atoms with Crippen LogP contribution in [0.1, 0.15) is 62.1 Å². The second kappa shape index (κ2) is 7.46. The number of nitrogens with zero attached hydrogens (tertiary/aromatic N) is 1. The van der Waals surface area contributed by atoms with E-state index in [0.717, 1.165) is 12.3 Å². The highest BCUT2D eigenvalue weighted by Crippen LogP contribution is 2.36. The molecule has 1 aliphatic rings. The fourth-order valence-electron chi connectivity index (χ4n) is 4.81. The first-order chi connectivity index (χ1) is 13.0. The zero-order valence-electron chi connectivity index (χ0n) is 17.3. The van der Waals surface area contributed by atoms with Gasteiger partial charge < -0.3 is 0 Å². The van der Waals surface area contributed by atoms with E-state index in [4.69, 9.17) is 0 Å². The summed E-state index contributed by atoms with van der Waals surface area (Å²) in [6, 6.07) is 18.6. The molecule has 0 aliphatic heterocycles. The van der Waals surface area contributed by atoms with E-state index in [1.165, 1.54) is 64.5 Å². The molecule has 1 aliphatic carbocycles. The van der Waals surface area contributed by atoms with Crippen LogP contribution in [-0.2, 0) is 13.5 Å². The van der Waals surface area contributed by atoms with Gasteiger partial charge in [0.25, 0.3) is 0 Å². The van der Waals surface area contributed by atoms with Crippen molar-refractivity contribution in [3.8, 4) is 11.3 Å². The number of benzene rings is 2. The Morgan fingerprint density at radius 2 is 1.78 bits per heavy atom. The Hall–Kier alpha value is -2.15. The molecule has 0 unspecified atom stereocenters. The van der Waals surface area contributed by atoms with Crippen LogP contribution >= 0.6 is 0 Å². The summed E-state index contributed by atoms with van der Waals surface area (Å²) in [5.74, 6) is 1.43. The summed E-state index contributed by atoms with van der Waals surface area (Å²) >= 11 is 0. The number of hydrogen-bond donors (Lipinski definition) is 0. The lowest BCUT2D eigenvalue weighted by Gasteiger charge is -2.14. The van der Waals surface area contributed by atoms with E-state index in [1.54, 1.807) is 0 Å². The summed E-state index contributed by atoms with van der Waals surface area (Å²) in [5.41, 5.74) is 8.39. The van der Waals surface area contributed by atoms with E-state index in [-0.39, 0.29) is 0 Å². The van der Waals surface area contributed by atoms with Crippen LogP contribution in [-0.4, -0.2) is 0 Å². The van der Waals surface area contributed by atoms with Crippen LogP contribution in [0.4, 0.5) is 0 Å². The maximum absolute atomic E-state index is 2.46. The van der Waals surface area contributed by atoms with Gasteiger partial charge in [-0.3, -0.25) is 0 Å². The van der Waals surface area contributed by atoms with Gasteiger partial charge in [0.1, 0.15) is 7.05 Å². The van der Waals surface area contributed by atoms with Crippen LogP contribution in [0.15, 0.2) is 48.5 Å². The molecule has 0 atom stereocenters. The van der Waals surface area contributed by atoms with Crippen molar-refractivity contribution in [2.45, 2.75) is 58.8 Å². The molecule has 0 bridgehead atoms. The lowest BCUT2D eigenvalue weighted by Crippen LogP contribution is -2.32. The topological polar surface area (TPSA) is 3.88 Å². The Kier molecular flexibility index (Phi) is 5.04. The Morgan fingerprint density at radius 3 is 2.52 bits per heavy atom. The van der Waals surface area contributed by atoms with Crippen LogP contribution in [0.3, 0.4) is 0 Å². The van der Waals surface area contributed by atoms with Gasteiger partial charge in [-0.15, -0.1) is 0 Å². The lowest BCUT2D eigenvalue weighted by atomic mass is 9.92. The van der Waals surface area contributed by atoms with Gasteiger partial charge >= 0.3 is 0 Å². The molecule has 0 radical (unpaired) electrons. The zero-order valence-corrected chi connectivity index (χ0v) is 17.3. The van der Waals surface area contributed by atoms with E-state index in [0.29, 0.717) is 5.92 Å². The summed E-state index contributed by atoms with van der Waals surface area (Å²) in [6.07, 6.45) is 6.61. The van der Waals surface area contributed by atoms with Crippen molar-refractivity contribution in [3.05, 3.63) is 65.2 Å². The average molecular weight is 359 g/mol. The summed E-state index contributed by atoms with van der Waals surface area (Å²) in [4.78, 5) is 0. The Morgan fingerprint density at radius 1 is 1.00 bits per heavy atom. The maximum Gasteiger partial charge on any atom is 0.213 e. The monoisotopic (exact) mass is 358 g/mol. The van der Waals surface area contributed by atoms with E-state index >= 15 is 0 Å². The predicted octanol–water partition coefficient (Wildman–Crippen LogP) is 6.50. The second-order valence-electron chi connectivity index (χ2n) is 8.78. The summed E-state index contributed by atoms with van der Waals surface area (Å²) in [5, 5.41) is 1.39. The first-order valence-corrected chi connectivity index (χ1v) is 10.6. The number of fused-ring (bicyclic) bond motifs is 1. The highest BCUT2D eigenvalue weighted by molar-refractivity contribution is 5.81. The number of aryl methyl sites for hydroxylation is 2. The molecule has 1 heteroatoms. The highest BCUT2D eigenvalue weighted by Gasteiger charge is 2.21. The minimum Gasteiger partial charge on any atom is -0.194 e. The molecule has 27 heavy (non-hydrogen) atoms. The quantitative estimate of drug-likeness (QED) is 0.469. The van der Waals surface area contributed by atoms with Crippen molar-refractivity contribution in [1.82, 2.24) is 0 Å². The van der Waals surface area contributed by atoms with Crippen molar-refractivity contribution in [2.24, 2.45) is 13.0 Å². The molecule has 0 amide bonds. The molecular formula is C26H32N+. The number of aromatic nitrogens is 1. The molecule has 1 heterocycles. The first-order valence-electron chi connectivity index (χ1n) is 10.6. The third kappa shape index (κ3) is 3.52. The van der Waals surface area contributed by atoms with Crippen molar-refractivity contribution in [1.29, 1.82) is 0 Å². The van der Waals surface area contributed by atoms with Crippen molar-refractivity contribution >= 4 is 10.9 Å². The van der Waals surface area contributed by atoms with Crippen LogP contribution in [0.25, 0.3) is 22.2 Å². The molecule has 140 valence electrons. The molecular weight excluding hydrogens is 326 g/mol. The zero-order chi connectivity index (χ0) is 19.0. The second-order valence-corrected chi connectivity index (χ2v) is 8.78. The molecule has 0 saturated heterocycles. The van der Waals surface area contributed by atoms with Crippen molar-refractivity contribution in [2.75, 3.05) is 0 Å². The van der Waals surface area contributed by atoms with Gasteiger partial charge in [-0.05, 0) is 66.8 Å². The maximum atomic E-state index is 2.46. The fraction of sp³-hybridized carbons (Fsp3) is 0.423. The molecule has 1 saturated carbocycles. The summed E-state index contributed by atoms with van der Waals surface area (Å²) in [7, 11) is 2.22. The average Bonchev–Trinajstić information content (AvgIpc) is 3.18. The lowest BCUT2D eigenvalue weighted by molar-refractivity contribution is -0.633. The third-order valence-corrected chi connectivity index (χ3v) is 6.30. The van der Waals surface area contributed by atoms with Crippen LogP contribution < -0.4 is 4.57 Å². The van der Waals surface area contributed by atoms with Crippen molar-refractivity contribution < 1.29 is 4.57 Å². The molecule has 3 aromatic rings. The smallest absolute Gasteiger partial charge is 0.194 e. The predicted molar refractivity (Wildman–Crippen MR) is 115 cm³/mol. The van der Waals surface area contributed by atoms with Gasteiger partial charge in [-0.1, -0.05) is 51.0 Å². The Labute approximate surface area is 164 Å². The molecule has 4 rings (SSSR count). The summed E-state index contributed by atoms with van der Waals surface area (Å²) in [6.45, 7) is 6.84. The van der Waals surface area contributed by atoms with Gasteiger partial charge in [-0.25, -0.2) is 0 Å². The fourth-order valence-corrected chi connectivity index (χ4v) is 4.81. The summed E-state index contributed by atoms with van der Waals surface area (Å²) < 4.78 is 2.39. The number of hydrogen-bond acceptors (Lipinski definition) is 0. The van der Waals surface area contributed by atoms with Gasteiger partial charge in [0.2, 0.25) is 11.2 Å². The van der Waals surface area contributed by atoms with Crippen molar-refractivity contribution in [3.63, 3.8) is 0 Å². The normalized spacial score (nSPS) is 15.1. The van der Waals surface area contributed by atoms with E-state index in [9.17, 15) is 0 Å². The van der Waals surface area contributed by atoms with Gasteiger partial charge in [0.15, 0.2) is 0 Å². The Balaban J connectivity index is 1.82. The first kappa shape index (κ1) is 18.2. The van der Waals surface area contributed by atoms with Gasteiger partial charge in [0.05, 0.1) is 0 Å². The highest BCUT2D eigenvalue weighted by atomic mass is 14.9.